The largest absolute Gasteiger partial charge is 0.508 e. The number of benzene rings is 1. The van der Waals surface area contributed by atoms with Crippen LogP contribution in [0.1, 0.15) is 25.0 Å². The standard InChI is InChI=1S/C11H16O2S/c1-7-5-10(14-4)8(6-9(7)12)11(2,3)13/h5-6,12-13H,1-4H3. The maximum atomic E-state index is 9.89. The summed E-state index contributed by atoms with van der Waals surface area (Å²) in [5, 5.41) is 19.5. The Bertz CT molecular complexity index is 340. The highest BCUT2D eigenvalue weighted by atomic mass is 32.2. The number of phenols is 1. The smallest absolute Gasteiger partial charge is 0.118 e. The van der Waals surface area contributed by atoms with Gasteiger partial charge in [0.1, 0.15) is 5.75 Å². The van der Waals surface area contributed by atoms with Crippen LogP contribution in [0.5, 0.6) is 5.75 Å². The van der Waals surface area contributed by atoms with Gasteiger partial charge in [0.05, 0.1) is 5.60 Å². The molecule has 0 aliphatic rings. The van der Waals surface area contributed by atoms with E-state index in [1.807, 2.05) is 19.2 Å². The Kier molecular flexibility index (Phi) is 3.12. The topological polar surface area (TPSA) is 40.5 Å². The van der Waals surface area contributed by atoms with Crippen molar-refractivity contribution in [1.29, 1.82) is 0 Å². The molecule has 0 aliphatic carbocycles. The highest BCUT2D eigenvalue weighted by molar-refractivity contribution is 7.98. The van der Waals surface area contributed by atoms with Crippen molar-refractivity contribution < 1.29 is 10.2 Å². The molecule has 0 aliphatic heterocycles. The molecule has 0 bridgehead atoms. The lowest BCUT2D eigenvalue weighted by atomic mass is 9.97. The van der Waals surface area contributed by atoms with Crippen LogP contribution < -0.4 is 0 Å². The summed E-state index contributed by atoms with van der Waals surface area (Å²) in [7, 11) is 0. The van der Waals surface area contributed by atoms with Gasteiger partial charge in [0.2, 0.25) is 0 Å². The minimum absolute atomic E-state index is 0.236. The summed E-state index contributed by atoms with van der Waals surface area (Å²) in [5.41, 5.74) is 0.694. The maximum Gasteiger partial charge on any atom is 0.118 e. The first kappa shape index (κ1) is 11.4. The van der Waals surface area contributed by atoms with E-state index in [0.717, 1.165) is 16.0 Å². The van der Waals surface area contributed by atoms with E-state index in [-0.39, 0.29) is 5.75 Å². The third-order valence-corrected chi connectivity index (χ3v) is 2.95. The number of thioether (sulfide) groups is 1. The summed E-state index contributed by atoms with van der Waals surface area (Å²) in [4.78, 5) is 1.01. The molecule has 0 unspecified atom stereocenters. The normalized spacial score (nSPS) is 11.8. The van der Waals surface area contributed by atoms with Crippen LogP contribution in [0.2, 0.25) is 0 Å². The van der Waals surface area contributed by atoms with Crippen LogP contribution in [0.15, 0.2) is 17.0 Å². The molecule has 0 aromatic heterocycles. The Hall–Kier alpha value is -0.670. The molecule has 14 heavy (non-hydrogen) atoms. The molecule has 0 saturated carbocycles. The number of phenolic OH excluding ortho intramolecular Hbond substituents is 1. The fourth-order valence-electron chi connectivity index (χ4n) is 1.32. The van der Waals surface area contributed by atoms with E-state index in [2.05, 4.69) is 0 Å². The van der Waals surface area contributed by atoms with Crippen molar-refractivity contribution in [3.8, 4) is 5.75 Å². The van der Waals surface area contributed by atoms with Gasteiger partial charge in [-0.1, -0.05) is 0 Å². The summed E-state index contributed by atoms with van der Waals surface area (Å²) >= 11 is 1.57. The average molecular weight is 212 g/mol. The van der Waals surface area contributed by atoms with Crippen molar-refractivity contribution in [2.75, 3.05) is 6.26 Å². The van der Waals surface area contributed by atoms with Crippen LogP contribution in [0.3, 0.4) is 0 Å². The van der Waals surface area contributed by atoms with Crippen LogP contribution >= 0.6 is 11.8 Å². The van der Waals surface area contributed by atoms with E-state index in [0.29, 0.717) is 0 Å². The summed E-state index contributed by atoms with van der Waals surface area (Å²) < 4.78 is 0. The molecule has 78 valence electrons. The predicted molar refractivity (Wildman–Crippen MR) is 59.9 cm³/mol. The fourth-order valence-corrected chi connectivity index (χ4v) is 2.14. The molecule has 0 saturated heterocycles. The van der Waals surface area contributed by atoms with E-state index >= 15 is 0 Å². The fraction of sp³-hybridized carbons (Fsp3) is 0.455. The Morgan fingerprint density at radius 1 is 1.29 bits per heavy atom. The van der Waals surface area contributed by atoms with Gasteiger partial charge in [0.15, 0.2) is 0 Å². The molecule has 0 amide bonds. The van der Waals surface area contributed by atoms with E-state index in [9.17, 15) is 10.2 Å². The minimum atomic E-state index is -0.913. The molecule has 2 nitrogen and oxygen atoms in total. The first-order valence-corrected chi connectivity index (χ1v) is 5.69. The predicted octanol–water partition coefficient (Wildman–Crippen LogP) is 2.65. The van der Waals surface area contributed by atoms with Gasteiger partial charge in [-0.3, -0.25) is 0 Å². The summed E-state index contributed by atoms with van der Waals surface area (Å²) in [6.07, 6.45) is 1.96. The summed E-state index contributed by atoms with van der Waals surface area (Å²) in [6.45, 7) is 5.29. The van der Waals surface area contributed by atoms with E-state index < -0.39 is 5.60 Å². The van der Waals surface area contributed by atoms with Crippen molar-refractivity contribution in [3.05, 3.63) is 23.3 Å². The Morgan fingerprint density at radius 2 is 1.86 bits per heavy atom. The molecular weight excluding hydrogens is 196 g/mol. The molecule has 0 heterocycles. The number of rotatable bonds is 2. The second-order valence-electron chi connectivity index (χ2n) is 3.90. The van der Waals surface area contributed by atoms with Crippen LogP contribution in [0.25, 0.3) is 0 Å². The molecule has 0 radical (unpaired) electrons. The van der Waals surface area contributed by atoms with Crippen LogP contribution in [0.4, 0.5) is 0 Å². The highest BCUT2D eigenvalue weighted by Crippen LogP contribution is 2.34. The third-order valence-electron chi connectivity index (χ3n) is 2.18. The van der Waals surface area contributed by atoms with Crippen molar-refractivity contribution in [2.45, 2.75) is 31.3 Å². The van der Waals surface area contributed by atoms with Crippen molar-refractivity contribution in [2.24, 2.45) is 0 Å². The van der Waals surface area contributed by atoms with E-state index in [1.165, 1.54) is 0 Å². The zero-order chi connectivity index (χ0) is 10.9. The first-order valence-electron chi connectivity index (χ1n) is 4.46. The molecular formula is C11H16O2S. The highest BCUT2D eigenvalue weighted by Gasteiger charge is 2.21. The van der Waals surface area contributed by atoms with Gasteiger partial charge < -0.3 is 10.2 Å². The number of aromatic hydroxyl groups is 1. The minimum Gasteiger partial charge on any atom is -0.508 e. The van der Waals surface area contributed by atoms with Gasteiger partial charge in [0, 0.05) is 10.5 Å². The SMILES string of the molecule is CSc1cc(C)c(O)cc1C(C)(C)O. The molecule has 0 spiro atoms. The lowest BCUT2D eigenvalue weighted by Crippen LogP contribution is -2.16. The zero-order valence-electron chi connectivity index (χ0n) is 8.96. The lowest BCUT2D eigenvalue weighted by molar-refractivity contribution is 0.0754. The van der Waals surface area contributed by atoms with Crippen LogP contribution in [-0.2, 0) is 5.60 Å². The molecule has 2 N–H and O–H groups in total. The molecule has 1 aromatic rings. The summed E-state index contributed by atoms with van der Waals surface area (Å²) in [5.74, 6) is 0.236. The zero-order valence-corrected chi connectivity index (χ0v) is 9.77. The van der Waals surface area contributed by atoms with E-state index in [4.69, 9.17) is 0 Å². The van der Waals surface area contributed by atoms with Crippen LogP contribution in [0, 0.1) is 6.92 Å². The number of aliphatic hydroxyl groups is 1. The molecule has 0 fully saturated rings. The van der Waals surface area contributed by atoms with Gasteiger partial charge in [-0.15, -0.1) is 11.8 Å². The van der Waals surface area contributed by atoms with Crippen LogP contribution in [-0.4, -0.2) is 16.5 Å². The van der Waals surface area contributed by atoms with Gasteiger partial charge in [-0.25, -0.2) is 0 Å². The Morgan fingerprint density at radius 3 is 2.29 bits per heavy atom. The molecule has 0 atom stereocenters. The average Bonchev–Trinajstić information content (AvgIpc) is 2.07. The third kappa shape index (κ3) is 2.22. The van der Waals surface area contributed by atoms with Gasteiger partial charge >= 0.3 is 0 Å². The van der Waals surface area contributed by atoms with Gasteiger partial charge in [0.25, 0.3) is 0 Å². The quantitative estimate of drug-likeness (QED) is 0.740. The lowest BCUT2D eigenvalue weighted by Gasteiger charge is -2.21. The van der Waals surface area contributed by atoms with Crippen molar-refractivity contribution >= 4 is 11.8 Å². The monoisotopic (exact) mass is 212 g/mol. The van der Waals surface area contributed by atoms with Gasteiger partial charge in [-0.2, -0.15) is 0 Å². The number of hydrogen-bond acceptors (Lipinski definition) is 3. The molecule has 3 heteroatoms. The van der Waals surface area contributed by atoms with E-state index in [1.54, 1.807) is 31.7 Å². The number of aryl methyl sites for hydroxylation is 1. The molecule has 1 aromatic carbocycles. The summed E-state index contributed by atoms with van der Waals surface area (Å²) in [6, 6.07) is 3.54. The second kappa shape index (κ2) is 3.83. The van der Waals surface area contributed by atoms with Crippen molar-refractivity contribution in [1.82, 2.24) is 0 Å². The Balaban J connectivity index is 3.35. The Labute approximate surface area is 89.0 Å². The number of hydrogen-bond donors (Lipinski definition) is 2. The second-order valence-corrected chi connectivity index (χ2v) is 4.75. The first-order chi connectivity index (χ1) is 6.36. The molecule has 1 rings (SSSR count). The van der Waals surface area contributed by atoms with Crippen molar-refractivity contribution in [3.63, 3.8) is 0 Å². The maximum absolute atomic E-state index is 9.89. The van der Waals surface area contributed by atoms with Gasteiger partial charge in [-0.05, 0) is 44.7 Å².